The zero-order valence-electron chi connectivity index (χ0n) is 20.7. The third kappa shape index (κ3) is 6.92. The fourth-order valence-electron chi connectivity index (χ4n) is 3.58. The van der Waals surface area contributed by atoms with Crippen LogP contribution in [-0.4, -0.2) is 22.6 Å². The Morgan fingerprint density at radius 2 is 1.24 bits per heavy atom. The van der Waals surface area contributed by atoms with Crippen molar-refractivity contribution < 1.29 is 27.4 Å². The first-order valence-electron chi connectivity index (χ1n) is 11.6. The number of hydrogen-bond acceptors (Lipinski definition) is 6. The molecule has 0 fully saturated rings. The van der Waals surface area contributed by atoms with Crippen LogP contribution in [0.15, 0.2) is 107 Å². The highest BCUT2D eigenvalue weighted by Crippen LogP contribution is 2.32. The summed E-state index contributed by atoms with van der Waals surface area (Å²) >= 11 is 0. The molecule has 4 rings (SSSR count). The molecule has 0 saturated carbocycles. The van der Waals surface area contributed by atoms with Gasteiger partial charge in [-0.2, -0.15) is 0 Å². The largest absolute Gasteiger partial charge is 0.497 e. The summed E-state index contributed by atoms with van der Waals surface area (Å²) < 4.78 is 48.8. The van der Waals surface area contributed by atoms with Crippen LogP contribution in [0, 0.1) is 0 Å². The summed E-state index contributed by atoms with van der Waals surface area (Å²) in [5.41, 5.74) is 2.67. The van der Waals surface area contributed by atoms with Gasteiger partial charge in [0, 0.05) is 11.5 Å². The molecule has 0 aliphatic rings. The molecular weight excluding hydrogens is 488 g/mol. The number of hydrogen-bond donors (Lipinski definition) is 0. The van der Waals surface area contributed by atoms with Gasteiger partial charge in [-0.3, -0.25) is 0 Å². The van der Waals surface area contributed by atoms with Crippen LogP contribution in [0.2, 0.25) is 0 Å². The van der Waals surface area contributed by atoms with Gasteiger partial charge < -0.3 is 18.9 Å². The zero-order chi connectivity index (χ0) is 26.1. The summed E-state index contributed by atoms with van der Waals surface area (Å²) in [6.07, 6.45) is 1.52. The number of ether oxygens (including phenoxy) is 4. The van der Waals surface area contributed by atoms with E-state index in [9.17, 15) is 8.42 Å². The van der Waals surface area contributed by atoms with Crippen molar-refractivity contribution in [2.45, 2.75) is 18.1 Å². The molecule has 0 N–H and O–H groups in total. The second-order valence-corrected chi connectivity index (χ2v) is 9.92. The lowest BCUT2D eigenvalue weighted by atomic mass is 10.2. The van der Waals surface area contributed by atoms with Gasteiger partial charge in [0.25, 0.3) is 0 Å². The molecular formula is C30H28O6S. The Balaban J connectivity index is 1.60. The molecule has 0 heterocycles. The van der Waals surface area contributed by atoms with Crippen LogP contribution >= 0.6 is 0 Å². The van der Waals surface area contributed by atoms with Crippen LogP contribution in [0.1, 0.15) is 16.7 Å². The lowest BCUT2D eigenvalue weighted by molar-refractivity contribution is 0.256. The molecule has 0 saturated heterocycles. The third-order valence-electron chi connectivity index (χ3n) is 5.56. The average molecular weight is 517 g/mol. The van der Waals surface area contributed by atoms with E-state index in [0.29, 0.717) is 36.0 Å². The molecule has 0 spiro atoms. The molecule has 0 aliphatic heterocycles. The predicted octanol–water partition coefficient (Wildman–Crippen LogP) is 6.31. The van der Waals surface area contributed by atoms with Gasteiger partial charge in [0.2, 0.25) is 9.84 Å². The Hall–Kier alpha value is -4.23. The molecule has 0 aromatic heterocycles. The maximum absolute atomic E-state index is 13.1. The SMILES string of the molecule is COc1ccc(OC)c(S(=O)(=O)/C=C/c2ccc(OCc3ccccc3)c(OCc3ccccc3)c2)c1. The molecule has 37 heavy (non-hydrogen) atoms. The highest BCUT2D eigenvalue weighted by Gasteiger charge is 2.18. The maximum atomic E-state index is 13.1. The smallest absolute Gasteiger partial charge is 0.203 e. The second-order valence-electron chi connectivity index (χ2n) is 8.12. The molecule has 4 aromatic rings. The van der Waals surface area contributed by atoms with Gasteiger partial charge in [0.05, 0.1) is 14.2 Å². The normalized spacial score (nSPS) is 11.3. The van der Waals surface area contributed by atoms with Gasteiger partial charge in [-0.1, -0.05) is 66.7 Å². The van der Waals surface area contributed by atoms with Crippen LogP contribution < -0.4 is 18.9 Å². The topological polar surface area (TPSA) is 71.1 Å². The van der Waals surface area contributed by atoms with E-state index in [1.54, 1.807) is 30.3 Å². The molecule has 0 atom stereocenters. The van der Waals surface area contributed by atoms with Gasteiger partial charge >= 0.3 is 0 Å². The van der Waals surface area contributed by atoms with Crippen LogP contribution in [0.3, 0.4) is 0 Å². The van der Waals surface area contributed by atoms with Crippen molar-refractivity contribution in [1.82, 2.24) is 0 Å². The summed E-state index contributed by atoms with van der Waals surface area (Å²) in [4.78, 5) is 0.0222. The standard InChI is InChI=1S/C30H28O6S/c1-33-26-14-16-28(34-2)30(20-26)37(31,32)18-17-23-13-15-27(35-21-24-9-5-3-6-10-24)29(19-23)36-22-25-11-7-4-8-12-25/h3-20H,21-22H2,1-2H3/b18-17+. The number of methoxy groups -OCH3 is 2. The minimum Gasteiger partial charge on any atom is -0.497 e. The number of benzene rings is 4. The summed E-state index contributed by atoms with van der Waals surface area (Å²) in [7, 11) is -0.912. The molecule has 6 nitrogen and oxygen atoms in total. The minimum absolute atomic E-state index is 0.0222. The van der Waals surface area contributed by atoms with Crippen molar-refractivity contribution >= 4 is 15.9 Å². The Bertz CT molecular complexity index is 1450. The zero-order valence-corrected chi connectivity index (χ0v) is 21.5. The Kier molecular flexibility index (Phi) is 8.48. The van der Waals surface area contributed by atoms with Gasteiger partial charge in [-0.05, 0) is 47.0 Å². The fraction of sp³-hybridized carbons (Fsp3) is 0.133. The second kappa shape index (κ2) is 12.1. The van der Waals surface area contributed by atoms with Crippen molar-refractivity contribution in [2.24, 2.45) is 0 Å². The molecule has 0 radical (unpaired) electrons. The van der Waals surface area contributed by atoms with Crippen molar-refractivity contribution in [3.63, 3.8) is 0 Å². The molecule has 4 aromatic carbocycles. The monoisotopic (exact) mass is 516 g/mol. The van der Waals surface area contributed by atoms with Crippen molar-refractivity contribution in [3.8, 4) is 23.0 Å². The van der Waals surface area contributed by atoms with Gasteiger partial charge in [0.1, 0.15) is 29.6 Å². The Morgan fingerprint density at radius 3 is 1.84 bits per heavy atom. The first-order chi connectivity index (χ1) is 18.0. The first-order valence-corrected chi connectivity index (χ1v) is 13.2. The van der Waals surface area contributed by atoms with E-state index in [-0.39, 0.29) is 10.6 Å². The molecule has 7 heteroatoms. The first kappa shape index (κ1) is 25.9. The van der Waals surface area contributed by atoms with E-state index in [0.717, 1.165) is 16.5 Å². The highest BCUT2D eigenvalue weighted by molar-refractivity contribution is 7.94. The minimum atomic E-state index is -3.82. The van der Waals surface area contributed by atoms with Crippen molar-refractivity contribution in [1.29, 1.82) is 0 Å². The van der Waals surface area contributed by atoms with Crippen LogP contribution in [0.5, 0.6) is 23.0 Å². The third-order valence-corrected chi connectivity index (χ3v) is 6.99. The number of sulfone groups is 1. The van der Waals surface area contributed by atoms with E-state index < -0.39 is 9.84 Å². The molecule has 0 bridgehead atoms. The Labute approximate surface area is 217 Å². The summed E-state index contributed by atoms with van der Waals surface area (Å²) in [5, 5.41) is 1.14. The highest BCUT2D eigenvalue weighted by atomic mass is 32.2. The maximum Gasteiger partial charge on any atom is 0.203 e. The Morgan fingerprint density at radius 1 is 0.649 bits per heavy atom. The van der Waals surface area contributed by atoms with Crippen LogP contribution in [-0.2, 0) is 23.1 Å². The molecule has 0 aliphatic carbocycles. The van der Waals surface area contributed by atoms with Gasteiger partial charge in [0.15, 0.2) is 11.5 Å². The molecule has 0 amide bonds. The molecule has 190 valence electrons. The lowest BCUT2D eigenvalue weighted by Crippen LogP contribution is -2.01. The quantitative estimate of drug-likeness (QED) is 0.233. The van der Waals surface area contributed by atoms with Crippen LogP contribution in [0.4, 0.5) is 0 Å². The predicted molar refractivity (Wildman–Crippen MR) is 144 cm³/mol. The van der Waals surface area contributed by atoms with Crippen LogP contribution in [0.25, 0.3) is 6.08 Å². The lowest BCUT2D eigenvalue weighted by Gasteiger charge is -2.14. The van der Waals surface area contributed by atoms with Gasteiger partial charge in [-0.25, -0.2) is 8.42 Å². The van der Waals surface area contributed by atoms with Crippen molar-refractivity contribution in [2.75, 3.05) is 14.2 Å². The van der Waals surface area contributed by atoms with E-state index in [4.69, 9.17) is 18.9 Å². The van der Waals surface area contributed by atoms with E-state index in [1.807, 2.05) is 60.7 Å². The van der Waals surface area contributed by atoms with Crippen molar-refractivity contribution in [3.05, 3.63) is 119 Å². The van der Waals surface area contributed by atoms with E-state index in [2.05, 4.69) is 0 Å². The summed E-state index contributed by atoms with van der Waals surface area (Å²) in [5.74, 6) is 1.74. The van der Waals surface area contributed by atoms with Gasteiger partial charge in [-0.15, -0.1) is 0 Å². The average Bonchev–Trinajstić information content (AvgIpc) is 2.95. The molecule has 0 unspecified atom stereocenters. The fourth-order valence-corrected chi connectivity index (χ4v) is 4.77. The summed E-state index contributed by atoms with van der Waals surface area (Å²) in [6.45, 7) is 0.719. The van der Waals surface area contributed by atoms with E-state index >= 15 is 0 Å². The number of rotatable bonds is 11. The van der Waals surface area contributed by atoms with E-state index in [1.165, 1.54) is 26.4 Å². The summed E-state index contributed by atoms with van der Waals surface area (Å²) in [6, 6.07) is 29.6.